The number of H-pyrrole nitrogens is 1. The highest BCUT2D eigenvalue weighted by molar-refractivity contribution is 7.13. The third-order valence-corrected chi connectivity index (χ3v) is 7.64. The van der Waals surface area contributed by atoms with Gasteiger partial charge in [-0.05, 0) is 18.4 Å². The molecular formula is C18H34N4O4SSi. The second kappa shape index (κ2) is 10.4. The first-order valence-corrected chi connectivity index (χ1v) is 14.9. The van der Waals surface area contributed by atoms with Crippen LogP contribution in [0.3, 0.4) is 0 Å². The van der Waals surface area contributed by atoms with Crippen LogP contribution in [0.1, 0.15) is 38.5 Å². The fraction of sp³-hybridized carbons (Fsp3) is 0.833. The highest BCUT2D eigenvalue weighted by Crippen LogP contribution is 2.28. The van der Waals surface area contributed by atoms with Crippen LogP contribution in [-0.2, 0) is 0 Å². The molecule has 2 N–H and O–H groups in total. The maximum atomic E-state index is 11.8. The summed E-state index contributed by atoms with van der Waals surface area (Å²) in [6.07, 6.45) is 5.95. The highest BCUT2D eigenvalue weighted by atomic mass is 32.2. The van der Waals surface area contributed by atoms with E-state index in [1.807, 2.05) is 0 Å². The van der Waals surface area contributed by atoms with Gasteiger partial charge in [0.2, 0.25) is 5.49 Å². The Morgan fingerprint density at radius 1 is 1.43 bits per heavy atom. The van der Waals surface area contributed by atoms with Crippen LogP contribution < -0.4 is 10.2 Å². The zero-order chi connectivity index (χ0) is 20.7. The molecule has 1 unspecified atom stereocenters. The summed E-state index contributed by atoms with van der Waals surface area (Å²) in [5.41, 5.74) is 0.358. The monoisotopic (exact) mass is 430 g/mol. The summed E-state index contributed by atoms with van der Waals surface area (Å²) in [5, 5.41) is 9.71. The minimum absolute atomic E-state index is 0.209. The standard InChI is InChI=1S/C18H34N4O4SSi/c1-26-17-16(20-27(25)21-17)19-15(12-14-8-6-5-7-9-14)13-22(18(23)24)10-11-28(2,3)4/h14-15H,5-13H2,1-4H3,(H,19,20)(H,23,24)/t15-,27?/m0/s1. The maximum Gasteiger partial charge on any atom is 0.407 e. The Morgan fingerprint density at radius 2 is 2.11 bits per heavy atom. The van der Waals surface area contributed by atoms with Gasteiger partial charge in [-0.2, -0.15) is 0 Å². The molecule has 1 aromatic heterocycles. The van der Waals surface area contributed by atoms with E-state index in [0.29, 0.717) is 24.5 Å². The van der Waals surface area contributed by atoms with E-state index in [-0.39, 0.29) is 11.9 Å². The predicted molar refractivity (Wildman–Crippen MR) is 112 cm³/mol. The Balaban J connectivity index is 2.21. The number of carbonyl (C=O) groups is 1. The molecular weight excluding hydrogens is 396 g/mol. The topological polar surface area (TPSA) is 114 Å². The summed E-state index contributed by atoms with van der Waals surface area (Å²) < 4.78 is 23.4. The van der Waals surface area contributed by atoms with Gasteiger partial charge in [-0.25, -0.2) is 4.79 Å². The van der Waals surface area contributed by atoms with E-state index in [4.69, 9.17) is 9.73 Å². The van der Waals surface area contributed by atoms with Crippen molar-refractivity contribution in [3.05, 3.63) is 5.49 Å². The minimum atomic E-state index is -1.58. The number of amides is 1. The molecule has 0 bridgehead atoms. The lowest BCUT2D eigenvalue weighted by atomic mass is 9.85. The van der Waals surface area contributed by atoms with Gasteiger partial charge in [0.1, 0.15) is 0 Å². The molecule has 28 heavy (non-hydrogen) atoms. The van der Waals surface area contributed by atoms with Crippen LogP contribution in [0.5, 0.6) is 5.88 Å². The molecule has 1 fully saturated rings. The minimum Gasteiger partial charge on any atom is -0.548 e. The van der Waals surface area contributed by atoms with Crippen molar-refractivity contribution >= 4 is 25.3 Å². The third kappa shape index (κ3) is 7.55. The summed E-state index contributed by atoms with van der Waals surface area (Å²) in [4.78, 5) is 18.0. The summed E-state index contributed by atoms with van der Waals surface area (Å²) in [6.45, 7) is 7.59. The predicted octanol–water partition coefficient (Wildman–Crippen LogP) is 3.70. The fourth-order valence-corrected chi connectivity index (χ4v) is 5.23. The highest BCUT2D eigenvalue weighted by Gasteiger charge is 2.25. The zero-order valence-electron chi connectivity index (χ0n) is 17.4. The van der Waals surface area contributed by atoms with Crippen molar-refractivity contribution in [1.29, 1.82) is 0 Å². The number of hydrogen-bond donors (Lipinski definition) is 2. The Hall–Kier alpha value is -1.39. The van der Waals surface area contributed by atoms with Crippen LogP contribution in [0.2, 0.25) is 25.7 Å². The van der Waals surface area contributed by atoms with E-state index < -0.39 is 25.3 Å². The molecule has 1 aromatic rings. The number of rotatable bonds is 9. The summed E-state index contributed by atoms with van der Waals surface area (Å²) in [6, 6.07) is 0.706. The molecule has 1 saturated carbocycles. The van der Waals surface area contributed by atoms with Crippen molar-refractivity contribution in [2.24, 2.45) is 10.9 Å². The second-order valence-corrected chi connectivity index (χ2v) is 15.4. The van der Waals surface area contributed by atoms with E-state index in [2.05, 4.69) is 28.4 Å². The first kappa shape index (κ1) is 22.9. The molecule has 0 radical (unpaired) electrons. The van der Waals surface area contributed by atoms with Crippen molar-refractivity contribution in [3.63, 3.8) is 0 Å². The lowest BCUT2D eigenvalue weighted by Crippen LogP contribution is -2.40. The average molecular weight is 431 g/mol. The van der Waals surface area contributed by atoms with E-state index in [1.54, 1.807) is 0 Å². The second-order valence-electron chi connectivity index (χ2n) is 8.86. The van der Waals surface area contributed by atoms with Crippen molar-refractivity contribution in [2.75, 3.05) is 20.2 Å². The molecule has 0 spiro atoms. The molecule has 0 aromatic carbocycles. The van der Waals surface area contributed by atoms with Gasteiger partial charge >= 0.3 is 12.0 Å². The first-order valence-electron chi connectivity index (χ1n) is 10.0. The van der Waals surface area contributed by atoms with E-state index in [0.717, 1.165) is 25.3 Å². The van der Waals surface area contributed by atoms with Crippen LogP contribution in [-0.4, -0.2) is 63.7 Å². The number of hydrogen-bond acceptors (Lipinski definition) is 5. The largest absolute Gasteiger partial charge is 0.548 e. The molecule has 2 rings (SSSR count). The van der Waals surface area contributed by atoms with Crippen molar-refractivity contribution < 1.29 is 19.2 Å². The quantitative estimate of drug-likeness (QED) is 0.458. The molecule has 160 valence electrons. The number of aromatic nitrogens is 2. The van der Waals surface area contributed by atoms with E-state index in [9.17, 15) is 14.5 Å². The number of carboxylic acid groups (broad SMARTS) is 1. The van der Waals surface area contributed by atoms with Crippen molar-refractivity contribution in [3.8, 4) is 5.88 Å². The summed E-state index contributed by atoms with van der Waals surface area (Å²) in [7, 11) is 0.111. The molecule has 10 heteroatoms. The molecule has 8 nitrogen and oxygen atoms in total. The molecule has 1 aliphatic rings. The van der Waals surface area contributed by atoms with Gasteiger partial charge in [0.15, 0.2) is 11.1 Å². The molecule has 0 saturated heterocycles. The fourth-order valence-electron chi connectivity index (χ4n) is 3.63. The number of methoxy groups -OCH3 is 1. The molecule has 1 aliphatic carbocycles. The molecule has 0 aliphatic heterocycles. The van der Waals surface area contributed by atoms with Crippen LogP contribution in [0, 0.1) is 5.92 Å². The zero-order valence-corrected chi connectivity index (χ0v) is 19.3. The Morgan fingerprint density at radius 3 is 2.68 bits per heavy atom. The van der Waals surface area contributed by atoms with Gasteiger partial charge in [-0.1, -0.05) is 51.7 Å². The molecule has 2 atom stereocenters. The maximum absolute atomic E-state index is 11.8. The normalized spacial score (nSPS) is 18.2. The van der Waals surface area contributed by atoms with Gasteiger partial charge in [-0.15, -0.1) is 4.37 Å². The van der Waals surface area contributed by atoms with Crippen LogP contribution in [0.25, 0.3) is 0 Å². The average Bonchev–Trinajstić information content (AvgIpc) is 2.97. The summed E-state index contributed by atoms with van der Waals surface area (Å²) in [5.74, 6) is 0.765. The third-order valence-electron chi connectivity index (χ3n) is 5.22. The number of nitrogens with one attached hydrogen (secondary N) is 1. The van der Waals surface area contributed by atoms with E-state index in [1.165, 1.54) is 31.3 Å². The van der Waals surface area contributed by atoms with Crippen LogP contribution >= 0.6 is 11.1 Å². The molecule has 1 amide bonds. The van der Waals surface area contributed by atoms with Gasteiger partial charge in [0.05, 0.1) is 13.2 Å². The first-order chi connectivity index (χ1) is 13.2. The Kier molecular flexibility index (Phi) is 8.50. The van der Waals surface area contributed by atoms with Gasteiger partial charge < -0.3 is 19.3 Å². The Bertz CT molecular complexity index is 694. The SMILES string of the molecule is COc1n[s+]([O-])[nH]c1=N[C@@H](CC1CCCCC1)CN(CC[Si](C)(C)C)C(=O)O. The molecule has 1 heterocycles. The number of nitrogens with zero attached hydrogens (tertiary/aromatic N) is 3. The Labute approximate surface area is 171 Å². The number of aromatic amines is 1. The van der Waals surface area contributed by atoms with Gasteiger partial charge in [0, 0.05) is 25.5 Å². The van der Waals surface area contributed by atoms with Crippen molar-refractivity contribution in [2.45, 2.75) is 70.3 Å². The van der Waals surface area contributed by atoms with Crippen LogP contribution in [0.15, 0.2) is 4.99 Å². The van der Waals surface area contributed by atoms with Gasteiger partial charge in [0.25, 0.3) is 0 Å². The van der Waals surface area contributed by atoms with Crippen molar-refractivity contribution in [1.82, 2.24) is 13.6 Å². The summed E-state index contributed by atoms with van der Waals surface area (Å²) >= 11 is -1.58. The lowest BCUT2D eigenvalue weighted by molar-refractivity contribution is 0.141. The number of ether oxygens (including phenoxy) is 1. The van der Waals surface area contributed by atoms with E-state index >= 15 is 0 Å². The smallest absolute Gasteiger partial charge is 0.407 e. The van der Waals surface area contributed by atoms with Gasteiger partial charge in [-0.3, -0.25) is 4.99 Å². The van der Waals surface area contributed by atoms with Crippen LogP contribution in [0.4, 0.5) is 4.79 Å². The lowest BCUT2D eigenvalue weighted by Gasteiger charge is -2.29.